The minimum Gasteiger partial charge on any atom is -0.303 e. The maximum Gasteiger partial charge on any atom is 0.240 e. The summed E-state index contributed by atoms with van der Waals surface area (Å²) < 4.78 is 27.8. The normalized spacial score (nSPS) is 32.2. The minimum atomic E-state index is -3.47. The van der Waals surface area contributed by atoms with Gasteiger partial charge in [0.15, 0.2) is 0 Å². The Hall–Kier alpha value is -0.660. The fourth-order valence-electron chi connectivity index (χ4n) is 4.87. The Balaban J connectivity index is 1.33. The lowest BCUT2D eigenvalue weighted by molar-refractivity contribution is -0.00770. The van der Waals surface area contributed by atoms with Crippen LogP contribution in [0.4, 0.5) is 0 Å². The number of likely N-dealkylation sites (tertiary alicyclic amines) is 1. The maximum atomic E-state index is 12.5. The van der Waals surface area contributed by atoms with Gasteiger partial charge < -0.3 is 4.90 Å². The number of halogens is 1. The third-order valence-electron chi connectivity index (χ3n) is 6.34. The molecule has 1 N–H and O–H groups in total. The molecule has 4 aliphatic heterocycles. The summed E-state index contributed by atoms with van der Waals surface area (Å²) in [6, 6.07) is 6.68. The van der Waals surface area contributed by atoms with Gasteiger partial charge in [0.25, 0.3) is 0 Å². The van der Waals surface area contributed by atoms with Gasteiger partial charge in [0.2, 0.25) is 10.0 Å². The molecule has 5 rings (SSSR count). The molecule has 4 heterocycles. The Morgan fingerprint density at radius 3 is 2.50 bits per heavy atom. The molecule has 5 nitrogen and oxygen atoms in total. The molecule has 0 saturated carbocycles. The molecule has 0 amide bonds. The van der Waals surface area contributed by atoms with Crippen molar-refractivity contribution < 1.29 is 8.42 Å². The molecule has 1 aromatic rings. The van der Waals surface area contributed by atoms with Crippen LogP contribution in [0.3, 0.4) is 0 Å². The predicted molar refractivity (Wildman–Crippen MR) is 104 cm³/mol. The van der Waals surface area contributed by atoms with Crippen LogP contribution in [-0.2, 0) is 10.0 Å². The topological polar surface area (TPSA) is 52.7 Å². The van der Waals surface area contributed by atoms with E-state index in [0.717, 1.165) is 31.3 Å². The van der Waals surface area contributed by atoms with E-state index in [1.165, 1.54) is 38.9 Å². The Kier molecular flexibility index (Phi) is 5.58. The molecule has 4 atom stereocenters. The first-order valence-electron chi connectivity index (χ1n) is 9.73. The molecule has 0 spiro atoms. The van der Waals surface area contributed by atoms with Crippen LogP contribution in [0, 0.1) is 11.8 Å². The van der Waals surface area contributed by atoms with Gasteiger partial charge in [-0.2, -0.15) is 0 Å². The fraction of sp³-hybridized carbons (Fsp3) is 0.684. The third-order valence-corrected chi connectivity index (χ3v) is 8.03. The van der Waals surface area contributed by atoms with E-state index in [4.69, 9.17) is 11.6 Å². The Morgan fingerprint density at radius 2 is 1.85 bits per heavy atom. The van der Waals surface area contributed by atoms with Gasteiger partial charge in [0.1, 0.15) is 0 Å². The number of hydrogen-bond acceptors (Lipinski definition) is 4. The van der Waals surface area contributed by atoms with E-state index < -0.39 is 10.0 Å². The van der Waals surface area contributed by atoms with Crippen molar-refractivity contribution in [3.05, 3.63) is 29.3 Å². The van der Waals surface area contributed by atoms with E-state index in [0.29, 0.717) is 17.6 Å². The van der Waals surface area contributed by atoms with Crippen molar-refractivity contribution in [3.8, 4) is 0 Å². The molecule has 4 fully saturated rings. The van der Waals surface area contributed by atoms with Crippen LogP contribution in [0.1, 0.15) is 25.7 Å². The van der Waals surface area contributed by atoms with Crippen LogP contribution >= 0.6 is 11.6 Å². The van der Waals surface area contributed by atoms with Gasteiger partial charge in [-0.1, -0.05) is 11.6 Å². The van der Waals surface area contributed by atoms with Crippen LogP contribution in [0.25, 0.3) is 0 Å². The second-order valence-electron chi connectivity index (χ2n) is 8.01. The van der Waals surface area contributed by atoms with Crippen molar-refractivity contribution in [2.24, 2.45) is 11.8 Å². The lowest BCUT2D eigenvalue weighted by atomic mass is 9.75. The molecular formula is C19H28ClN3O2S. The number of benzene rings is 1. The van der Waals surface area contributed by atoms with Crippen LogP contribution < -0.4 is 4.72 Å². The number of rotatable bonds is 6. The van der Waals surface area contributed by atoms with Gasteiger partial charge in [0.05, 0.1) is 4.90 Å². The first-order valence-corrected chi connectivity index (χ1v) is 11.6. The number of piperidine rings is 3. The monoisotopic (exact) mass is 397 g/mol. The number of hydrogen-bond donors (Lipinski definition) is 1. The summed E-state index contributed by atoms with van der Waals surface area (Å²) in [5.74, 6) is 1.50. The largest absolute Gasteiger partial charge is 0.303 e. The van der Waals surface area contributed by atoms with Gasteiger partial charge in [0, 0.05) is 30.7 Å². The smallest absolute Gasteiger partial charge is 0.240 e. The third kappa shape index (κ3) is 4.09. The van der Waals surface area contributed by atoms with E-state index >= 15 is 0 Å². The SMILES string of the molecule is O=S(=O)(NC[C@@H]1C[C@H]2CCN1C[C@@H]2CN1CCCC1)c1ccc(Cl)cc1. The molecule has 0 radical (unpaired) electrons. The number of nitrogens with one attached hydrogen (secondary N) is 1. The van der Waals surface area contributed by atoms with Crippen LogP contribution in [0.15, 0.2) is 29.2 Å². The van der Waals surface area contributed by atoms with E-state index in [9.17, 15) is 8.42 Å². The highest BCUT2D eigenvalue weighted by Gasteiger charge is 2.40. The zero-order valence-electron chi connectivity index (χ0n) is 15.1. The first-order chi connectivity index (χ1) is 12.5. The van der Waals surface area contributed by atoms with Crippen LogP contribution in [0.5, 0.6) is 0 Å². The molecule has 4 aliphatic rings. The molecule has 1 unspecified atom stereocenters. The molecule has 0 aliphatic carbocycles. The Bertz CT molecular complexity index is 719. The van der Waals surface area contributed by atoms with E-state index in [1.807, 2.05) is 0 Å². The lowest BCUT2D eigenvalue weighted by Gasteiger charge is -2.50. The van der Waals surface area contributed by atoms with Crippen LogP contribution in [0.2, 0.25) is 5.02 Å². The van der Waals surface area contributed by atoms with Crippen molar-refractivity contribution in [1.29, 1.82) is 0 Å². The molecule has 2 bridgehead atoms. The zero-order valence-corrected chi connectivity index (χ0v) is 16.7. The quantitative estimate of drug-likeness (QED) is 0.800. The van der Waals surface area contributed by atoms with E-state index in [1.54, 1.807) is 24.3 Å². The molecule has 7 heteroatoms. The first kappa shape index (κ1) is 18.7. The fourth-order valence-corrected chi connectivity index (χ4v) is 6.07. The van der Waals surface area contributed by atoms with Crippen molar-refractivity contribution in [2.75, 3.05) is 39.3 Å². The Morgan fingerprint density at radius 1 is 1.12 bits per heavy atom. The average Bonchev–Trinajstić information content (AvgIpc) is 3.14. The highest BCUT2D eigenvalue weighted by atomic mass is 35.5. The Labute approximate surface area is 161 Å². The van der Waals surface area contributed by atoms with E-state index in [-0.39, 0.29) is 4.90 Å². The van der Waals surface area contributed by atoms with Crippen molar-refractivity contribution in [2.45, 2.75) is 36.6 Å². The second kappa shape index (κ2) is 7.76. The van der Waals surface area contributed by atoms with Crippen molar-refractivity contribution in [3.63, 3.8) is 0 Å². The molecule has 4 saturated heterocycles. The summed E-state index contributed by atoms with van der Waals surface area (Å²) >= 11 is 5.85. The van der Waals surface area contributed by atoms with Gasteiger partial charge in [-0.3, -0.25) is 4.90 Å². The predicted octanol–water partition coefficient (Wildman–Crippen LogP) is 2.42. The molecule has 1 aromatic carbocycles. The van der Waals surface area contributed by atoms with Gasteiger partial charge in [-0.25, -0.2) is 13.1 Å². The molecular weight excluding hydrogens is 370 g/mol. The molecule has 144 valence electrons. The number of fused-ring (bicyclic) bond motifs is 3. The van der Waals surface area contributed by atoms with Crippen LogP contribution in [-0.4, -0.2) is 63.5 Å². The average molecular weight is 398 g/mol. The maximum absolute atomic E-state index is 12.5. The van der Waals surface area contributed by atoms with Gasteiger partial charge in [-0.15, -0.1) is 0 Å². The van der Waals surface area contributed by atoms with E-state index in [2.05, 4.69) is 14.5 Å². The summed E-state index contributed by atoms with van der Waals surface area (Å²) in [5, 5.41) is 0.545. The van der Waals surface area contributed by atoms with Crippen molar-refractivity contribution >= 4 is 21.6 Å². The summed E-state index contributed by atoms with van der Waals surface area (Å²) in [6.45, 7) is 6.46. The molecule has 26 heavy (non-hydrogen) atoms. The summed E-state index contributed by atoms with van der Waals surface area (Å²) in [6.07, 6.45) is 5.06. The summed E-state index contributed by atoms with van der Waals surface area (Å²) in [7, 11) is -3.47. The highest BCUT2D eigenvalue weighted by Crippen LogP contribution is 2.37. The summed E-state index contributed by atoms with van der Waals surface area (Å²) in [4.78, 5) is 5.40. The lowest BCUT2D eigenvalue weighted by Crippen LogP contribution is -2.58. The van der Waals surface area contributed by atoms with Crippen molar-refractivity contribution in [1.82, 2.24) is 14.5 Å². The minimum absolute atomic E-state index is 0.282. The number of sulfonamides is 1. The van der Waals surface area contributed by atoms with Gasteiger partial charge >= 0.3 is 0 Å². The zero-order chi connectivity index (χ0) is 18.1. The molecule has 0 aromatic heterocycles. The standard InChI is InChI=1S/C19H28ClN3O2S/c20-17-3-5-19(6-4-17)26(24,25)21-12-18-11-15-7-10-23(18)14-16(15)13-22-8-1-2-9-22/h3-6,15-16,18,21H,1-2,7-14H2/t15-,16+,18+/m1/s1. The summed E-state index contributed by atoms with van der Waals surface area (Å²) in [5.41, 5.74) is 0. The highest BCUT2D eigenvalue weighted by molar-refractivity contribution is 7.89. The number of nitrogens with zero attached hydrogens (tertiary/aromatic N) is 2. The second-order valence-corrected chi connectivity index (χ2v) is 10.2. The van der Waals surface area contributed by atoms with Gasteiger partial charge in [-0.05, 0) is 81.4 Å².